The fraction of sp³-hybridized carbons (Fsp3) is 0.750. The number of hydrogen-bond acceptors (Lipinski definition) is 1. The summed E-state index contributed by atoms with van der Waals surface area (Å²) in [6, 6.07) is 6.97. The highest BCUT2D eigenvalue weighted by Crippen LogP contribution is 2.34. The largest absolute Gasteiger partial charge is 0.356 e. The molecular formula is C24H43O3P. The van der Waals surface area contributed by atoms with E-state index in [1.807, 2.05) is 12.1 Å². The van der Waals surface area contributed by atoms with E-state index in [2.05, 4.69) is 6.92 Å². The highest BCUT2D eigenvalue weighted by Gasteiger charge is 2.20. The van der Waals surface area contributed by atoms with Crippen molar-refractivity contribution in [2.24, 2.45) is 0 Å². The molecule has 4 heteroatoms. The first-order valence-corrected chi connectivity index (χ1v) is 13.3. The molecule has 0 saturated carbocycles. The molecule has 0 heterocycles. The van der Waals surface area contributed by atoms with Crippen molar-refractivity contribution >= 4 is 12.9 Å². The zero-order valence-corrected chi connectivity index (χ0v) is 19.0. The predicted molar refractivity (Wildman–Crippen MR) is 121 cm³/mol. The van der Waals surface area contributed by atoms with Crippen LogP contribution < -0.4 is 5.30 Å². The molecule has 0 spiro atoms. The van der Waals surface area contributed by atoms with Gasteiger partial charge in [0.25, 0.3) is 0 Å². The third-order valence-corrected chi connectivity index (χ3v) is 6.67. The number of unbranched alkanes of at least 4 members (excludes halogenated alkanes) is 15. The van der Waals surface area contributed by atoms with Crippen LogP contribution in [0.5, 0.6) is 0 Å². The summed E-state index contributed by atoms with van der Waals surface area (Å²) in [5.74, 6) is 0. The number of benzene rings is 1. The van der Waals surface area contributed by atoms with Crippen LogP contribution in [0.2, 0.25) is 0 Å². The summed E-state index contributed by atoms with van der Waals surface area (Å²) in [7, 11) is -4.15. The van der Waals surface area contributed by atoms with Crippen molar-refractivity contribution < 1.29 is 14.4 Å². The molecule has 28 heavy (non-hydrogen) atoms. The second kappa shape index (κ2) is 16.2. The van der Waals surface area contributed by atoms with Gasteiger partial charge in [-0.2, -0.15) is 0 Å². The van der Waals surface area contributed by atoms with Gasteiger partial charge in [0.2, 0.25) is 0 Å². The zero-order chi connectivity index (χ0) is 20.5. The SMILES string of the molecule is CCCCCCCCCCCCCCCCCCc1ccccc1P(=O)(O)O. The van der Waals surface area contributed by atoms with Crippen molar-refractivity contribution in [2.45, 2.75) is 116 Å². The van der Waals surface area contributed by atoms with E-state index in [1.54, 1.807) is 12.1 Å². The molecule has 1 aromatic rings. The molecule has 0 radical (unpaired) electrons. The minimum atomic E-state index is -4.15. The topological polar surface area (TPSA) is 57.5 Å². The fourth-order valence-electron chi connectivity index (χ4n) is 3.87. The molecule has 0 aliphatic heterocycles. The van der Waals surface area contributed by atoms with Crippen LogP contribution in [0.1, 0.15) is 115 Å². The quantitative estimate of drug-likeness (QED) is 0.197. The van der Waals surface area contributed by atoms with E-state index in [-0.39, 0.29) is 5.30 Å². The minimum absolute atomic E-state index is 0.205. The summed E-state index contributed by atoms with van der Waals surface area (Å²) in [6.07, 6.45) is 22.2. The van der Waals surface area contributed by atoms with Gasteiger partial charge in [-0.15, -0.1) is 0 Å². The second-order valence-corrected chi connectivity index (χ2v) is 9.80. The van der Waals surface area contributed by atoms with E-state index in [4.69, 9.17) is 0 Å². The number of hydrogen-bond donors (Lipinski definition) is 2. The maximum absolute atomic E-state index is 11.5. The fourth-order valence-corrected chi connectivity index (χ4v) is 4.71. The van der Waals surface area contributed by atoms with Crippen molar-refractivity contribution in [1.82, 2.24) is 0 Å². The average Bonchev–Trinajstić information content (AvgIpc) is 2.67. The third-order valence-electron chi connectivity index (χ3n) is 5.61. The molecular weight excluding hydrogens is 367 g/mol. The molecule has 0 unspecified atom stereocenters. The van der Waals surface area contributed by atoms with Gasteiger partial charge < -0.3 is 9.79 Å². The van der Waals surface area contributed by atoms with Crippen LogP contribution in [0.25, 0.3) is 0 Å². The summed E-state index contributed by atoms with van der Waals surface area (Å²) in [5.41, 5.74) is 0.807. The molecule has 0 amide bonds. The summed E-state index contributed by atoms with van der Waals surface area (Å²) < 4.78 is 11.5. The maximum Gasteiger partial charge on any atom is 0.356 e. The molecule has 0 saturated heterocycles. The molecule has 0 aliphatic carbocycles. The Labute approximate surface area is 173 Å². The van der Waals surface area contributed by atoms with E-state index >= 15 is 0 Å². The lowest BCUT2D eigenvalue weighted by Gasteiger charge is -2.10. The third kappa shape index (κ3) is 12.8. The van der Waals surface area contributed by atoms with Crippen molar-refractivity contribution in [3.63, 3.8) is 0 Å². The summed E-state index contributed by atoms with van der Waals surface area (Å²) in [5, 5.41) is 0.205. The van der Waals surface area contributed by atoms with E-state index < -0.39 is 7.60 Å². The van der Waals surface area contributed by atoms with Crippen molar-refractivity contribution in [2.75, 3.05) is 0 Å². The van der Waals surface area contributed by atoms with Gasteiger partial charge in [0.15, 0.2) is 0 Å². The van der Waals surface area contributed by atoms with Gasteiger partial charge in [-0.25, -0.2) is 0 Å². The second-order valence-electron chi connectivity index (χ2n) is 8.23. The molecule has 3 nitrogen and oxygen atoms in total. The Hall–Kier alpha value is -0.630. The van der Waals surface area contributed by atoms with Gasteiger partial charge in [0, 0.05) is 0 Å². The zero-order valence-electron chi connectivity index (χ0n) is 18.1. The van der Waals surface area contributed by atoms with E-state index in [0.29, 0.717) is 0 Å². The Morgan fingerprint density at radius 1 is 0.643 bits per heavy atom. The Morgan fingerprint density at radius 2 is 1.04 bits per heavy atom. The van der Waals surface area contributed by atoms with Crippen LogP contribution in [-0.2, 0) is 11.0 Å². The van der Waals surface area contributed by atoms with Gasteiger partial charge in [-0.3, -0.25) is 4.57 Å². The molecule has 1 aromatic carbocycles. The van der Waals surface area contributed by atoms with Crippen LogP contribution in [-0.4, -0.2) is 9.79 Å². The first-order chi connectivity index (χ1) is 13.6. The molecule has 1 rings (SSSR count). The number of rotatable bonds is 18. The highest BCUT2D eigenvalue weighted by atomic mass is 31.2. The number of aryl methyl sites for hydroxylation is 1. The van der Waals surface area contributed by atoms with Gasteiger partial charge in [0.05, 0.1) is 5.30 Å². The van der Waals surface area contributed by atoms with Crippen LogP contribution in [0.4, 0.5) is 0 Å². The molecule has 0 aliphatic rings. The highest BCUT2D eigenvalue weighted by molar-refractivity contribution is 7.60. The van der Waals surface area contributed by atoms with Gasteiger partial charge in [-0.1, -0.05) is 121 Å². The Bertz CT molecular complexity index is 538. The average molecular weight is 411 g/mol. The summed E-state index contributed by atoms with van der Waals surface area (Å²) in [6.45, 7) is 2.27. The molecule has 0 bridgehead atoms. The Kier molecular flexibility index (Phi) is 14.7. The normalized spacial score (nSPS) is 11.8. The van der Waals surface area contributed by atoms with Gasteiger partial charge >= 0.3 is 7.60 Å². The Morgan fingerprint density at radius 3 is 1.46 bits per heavy atom. The first-order valence-electron chi connectivity index (χ1n) is 11.7. The van der Waals surface area contributed by atoms with Crippen molar-refractivity contribution in [3.05, 3.63) is 29.8 Å². The van der Waals surface area contributed by atoms with Gasteiger partial charge in [-0.05, 0) is 24.5 Å². The van der Waals surface area contributed by atoms with Crippen molar-refractivity contribution in [3.8, 4) is 0 Å². The predicted octanol–water partition coefficient (Wildman–Crippen LogP) is 7.29. The molecule has 0 aromatic heterocycles. The molecule has 0 fully saturated rings. The molecule has 162 valence electrons. The Balaban J connectivity index is 1.91. The van der Waals surface area contributed by atoms with Crippen LogP contribution in [0, 0.1) is 0 Å². The van der Waals surface area contributed by atoms with E-state index in [9.17, 15) is 14.4 Å². The molecule has 2 N–H and O–H groups in total. The van der Waals surface area contributed by atoms with Gasteiger partial charge in [0.1, 0.15) is 0 Å². The van der Waals surface area contributed by atoms with Crippen LogP contribution in [0.15, 0.2) is 24.3 Å². The van der Waals surface area contributed by atoms with E-state index in [1.165, 1.54) is 89.9 Å². The van der Waals surface area contributed by atoms with Crippen molar-refractivity contribution in [1.29, 1.82) is 0 Å². The van der Waals surface area contributed by atoms with Crippen LogP contribution in [0.3, 0.4) is 0 Å². The minimum Gasteiger partial charge on any atom is -0.321 e. The standard InChI is InChI=1S/C24H43O3P/c1-2-3-4-5-6-7-8-9-10-11-12-13-14-15-16-17-20-23-21-18-19-22-24(23)28(25,26)27/h18-19,21-22H,2-17,20H2,1H3,(H2,25,26,27). The van der Waals surface area contributed by atoms with Crippen LogP contribution >= 0.6 is 7.60 Å². The van der Waals surface area contributed by atoms with E-state index in [0.717, 1.165) is 24.8 Å². The monoisotopic (exact) mass is 410 g/mol. The lowest BCUT2D eigenvalue weighted by atomic mass is 10.0. The maximum atomic E-state index is 11.5. The molecule has 0 atom stereocenters. The first kappa shape index (κ1) is 25.4. The smallest absolute Gasteiger partial charge is 0.321 e. The lowest BCUT2D eigenvalue weighted by molar-refractivity contribution is 0.387. The summed E-state index contributed by atoms with van der Waals surface area (Å²) >= 11 is 0. The lowest BCUT2D eigenvalue weighted by Crippen LogP contribution is -2.10. The summed E-state index contributed by atoms with van der Waals surface area (Å²) in [4.78, 5) is 18.8.